The molecule has 0 spiro atoms. The van der Waals surface area contributed by atoms with E-state index in [-0.39, 0.29) is 31.5 Å². The summed E-state index contributed by atoms with van der Waals surface area (Å²) in [6.45, 7) is 1.95. The van der Waals surface area contributed by atoms with Gasteiger partial charge in [-0.25, -0.2) is 9.61 Å². The van der Waals surface area contributed by atoms with Gasteiger partial charge in [0, 0.05) is 35.8 Å². The maximum atomic E-state index is 13.0. The lowest BCUT2D eigenvalue weighted by molar-refractivity contribution is -0.123. The number of rotatable bonds is 4. The summed E-state index contributed by atoms with van der Waals surface area (Å²) in [7, 11) is 1.54. The number of hydrogen-bond donors (Lipinski definition) is 2. The van der Waals surface area contributed by atoms with Crippen molar-refractivity contribution in [3.63, 3.8) is 0 Å². The highest BCUT2D eigenvalue weighted by atomic mass is 16.6. The van der Waals surface area contributed by atoms with Gasteiger partial charge in [0.2, 0.25) is 0 Å². The monoisotopic (exact) mass is 474 g/mol. The number of methoxy groups -OCH3 is 1. The fourth-order valence-corrected chi connectivity index (χ4v) is 3.77. The molecule has 0 aliphatic carbocycles. The zero-order valence-electron chi connectivity index (χ0n) is 19.1. The number of fused-ring (bicyclic) bond motifs is 7. The molecule has 2 amide bonds. The second-order valence-electron chi connectivity index (χ2n) is 7.92. The number of aromatic nitrogens is 4. The number of nitrogens with one attached hydrogen (secondary N) is 2. The lowest BCUT2D eigenvalue weighted by atomic mass is 10.1. The van der Waals surface area contributed by atoms with E-state index in [1.807, 2.05) is 22.9 Å². The van der Waals surface area contributed by atoms with Gasteiger partial charge in [-0.1, -0.05) is 10.3 Å². The summed E-state index contributed by atoms with van der Waals surface area (Å²) in [4.78, 5) is 30.0. The predicted octanol–water partition coefficient (Wildman–Crippen LogP) is 2.18. The Labute approximate surface area is 200 Å². The smallest absolute Gasteiger partial charge is 0.258 e. The van der Waals surface area contributed by atoms with E-state index in [0.29, 0.717) is 40.0 Å². The molecule has 0 radical (unpaired) electrons. The van der Waals surface area contributed by atoms with E-state index in [4.69, 9.17) is 9.47 Å². The van der Waals surface area contributed by atoms with Crippen molar-refractivity contribution >= 4 is 11.8 Å². The lowest BCUT2D eigenvalue weighted by Gasteiger charge is -2.13. The SMILES string of the molecule is COc1ccc2cc1OCC(=O)NCc1cc(C(=O)NCc3nonc3C)cc(c1)-n1ccnc1-2. The van der Waals surface area contributed by atoms with Gasteiger partial charge in [-0.05, 0) is 48.9 Å². The molecule has 1 aliphatic heterocycles. The number of imidazole rings is 1. The molecule has 0 saturated carbocycles. The number of aryl methyl sites for hydroxylation is 1. The van der Waals surface area contributed by atoms with Crippen LogP contribution >= 0.6 is 0 Å². The van der Waals surface area contributed by atoms with Crippen molar-refractivity contribution in [2.75, 3.05) is 13.7 Å². The normalized spacial score (nSPS) is 12.8. The maximum Gasteiger partial charge on any atom is 0.258 e. The first-order valence-electron chi connectivity index (χ1n) is 10.8. The number of amides is 2. The summed E-state index contributed by atoms with van der Waals surface area (Å²) in [5, 5.41) is 13.2. The minimum absolute atomic E-state index is 0.173. The average Bonchev–Trinajstić information content (AvgIpc) is 3.53. The van der Waals surface area contributed by atoms with Crippen LogP contribution in [-0.2, 0) is 17.9 Å². The molecule has 11 heteroatoms. The Bertz CT molecular complexity index is 1410. The van der Waals surface area contributed by atoms with Gasteiger partial charge in [0.25, 0.3) is 11.8 Å². The minimum Gasteiger partial charge on any atom is -0.493 e. The van der Waals surface area contributed by atoms with Crippen LogP contribution in [0.15, 0.2) is 53.4 Å². The van der Waals surface area contributed by atoms with E-state index in [2.05, 4.69) is 30.6 Å². The Balaban J connectivity index is 1.55. The predicted molar refractivity (Wildman–Crippen MR) is 123 cm³/mol. The van der Waals surface area contributed by atoms with Crippen LogP contribution in [0.1, 0.15) is 27.3 Å². The molecule has 0 unspecified atom stereocenters. The molecule has 2 N–H and O–H groups in total. The molecule has 5 rings (SSSR count). The molecule has 0 fully saturated rings. The van der Waals surface area contributed by atoms with Crippen LogP contribution in [0, 0.1) is 6.92 Å². The first kappa shape index (κ1) is 22.1. The zero-order valence-corrected chi connectivity index (χ0v) is 19.1. The molecule has 0 atom stereocenters. The Kier molecular flexibility index (Phi) is 5.88. The third kappa shape index (κ3) is 4.56. The van der Waals surface area contributed by atoms with E-state index < -0.39 is 0 Å². The second-order valence-corrected chi connectivity index (χ2v) is 7.92. The van der Waals surface area contributed by atoms with Crippen molar-refractivity contribution in [3.05, 3.63) is 71.3 Å². The third-order valence-corrected chi connectivity index (χ3v) is 5.59. The fraction of sp³-hybridized carbons (Fsp3) is 0.208. The van der Waals surface area contributed by atoms with E-state index in [1.54, 1.807) is 37.4 Å². The van der Waals surface area contributed by atoms with Crippen LogP contribution in [-0.4, -0.2) is 45.4 Å². The van der Waals surface area contributed by atoms with Crippen LogP contribution < -0.4 is 20.1 Å². The van der Waals surface area contributed by atoms with E-state index in [9.17, 15) is 9.59 Å². The standard InChI is InChI=1S/C24H22N6O5/c1-14-19(29-35-28-14)12-27-24(32)17-7-15-8-18(9-17)30-6-5-25-23(30)16-3-4-20(33-2)21(10-16)34-13-22(31)26-11-15/h3-10H,11-13H2,1-2H3,(H,26,31)(H,27,32). The Morgan fingerprint density at radius 3 is 2.91 bits per heavy atom. The van der Waals surface area contributed by atoms with Gasteiger partial charge < -0.3 is 20.1 Å². The summed E-state index contributed by atoms with van der Waals surface area (Å²) in [6.07, 6.45) is 3.49. The second kappa shape index (κ2) is 9.29. The number of ether oxygens (including phenoxy) is 2. The van der Waals surface area contributed by atoms with E-state index in [0.717, 1.165) is 11.1 Å². The molecular weight excluding hydrogens is 452 g/mol. The number of carbonyl (C=O) groups excluding carboxylic acids is 2. The summed E-state index contributed by atoms with van der Waals surface area (Å²) in [5.41, 5.74) is 3.79. The highest BCUT2D eigenvalue weighted by molar-refractivity contribution is 5.95. The fourth-order valence-electron chi connectivity index (χ4n) is 3.77. The van der Waals surface area contributed by atoms with Crippen LogP contribution in [0.5, 0.6) is 11.5 Å². The molecule has 1 aliphatic rings. The van der Waals surface area contributed by atoms with Gasteiger partial charge in [0.05, 0.1) is 13.7 Å². The van der Waals surface area contributed by atoms with Crippen molar-refractivity contribution in [2.45, 2.75) is 20.0 Å². The van der Waals surface area contributed by atoms with Crippen LogP contribution in [0.3, 0.4) is 0 Å². The van der Waals surface area contributed by atoms with Crippen molar-refractivity contribution in [3.8, 4) is 28.6 Å². The third-order valence-electron chi connectivity index (χ3n) is 5.59. The number of benzene rings is 2. The Morgan fingerprint density at radius 2 is 2.11 bits per heavy atom. The lowest BCUT2D eigenvalue weighted by Crippen LogP contribution is -2.29. The molecular formula is C24H22N6O5. The number of carbonyl (C=O) groups is 2. The van der Waals surface area contributed by atoms with Gasteiger partial charge in [0.15, 0.2) is 18.1 Å². The van der Waals surface area contributed by atoms with Gasteiger partial charge in [-0.15, -0.1) is 0 Å². The van der Waals surface area contributed by atoms with Crippen LogP contribution in [0.2, 0.25) is 0 Å². The van der Waals surface area contributed by atoms with Crippen LogP contribution in [0.25, 0.3) is 17.1 Å². The molecule has 2 aromatic heterocycles. The van der Waals surface area contributed by atoms with E-state index in [1.165, 1.54) is 7.11 Å². The van der Waals surface area contributed by atoms with Gasteiger partial charge in [0.1, 0.15) is 17.2 Å². The highest BCUT2D eigenvalue weighted by Gasteiger charge is 2.17. The summed E-state index contributed by atoms with van der Waals surface area (Å²) in [5.74, 6) is 0.969. The summed E-state index contributed by atoms with van der Waals surface area (Å²) < 4.78 is 17.7. The Hall–Kier alpha value is -4.67. The molecule has 11 nitrogen and oxygen atoms in total. The number of hydrogen-bond acceptors (Lipinski definition) is 8. The topological polar surface area (TPSA) is 133 Å². The van der Waals surface area contributed by atoms with Gasteiger partial charge in [-0.3, -0.25) is 14.2 Å². The number of nitrogens with zero attached hydrogens (tertiary/aromatic N) is 4. The highest BCUT2D eigenvalue weighted by Crippen LogP contribution is 2.33. The molecule has 3 heterocycles. The first-order chi connectivity index (χ1) is 17.0. The van der Waals surface area contributed by atoms with Gasteiger partial charge >= 0.3 is 0 Å². The largest absolute Gasteiger partial charge is 0.493 e. The van der Waals surface area contributed by atoms with E-state index >= 15 is 0 Å². The minimum atomic E-state index is -0.306. The average molecular weight is 474 g/mol. The quantitative estimate of drug-likeness (QED) is 0.460. The van der Waals surface area contributed by atoms with Crippen LogP contribution in [0.4, 0.5) is 0 Å². The summed E-state index contributed by atoms with van der Waals surface area (Å²) >= 11 is 0. The van der Waals surface area contributed by atoms with Crippen molar-refractivity contribution < 1.29 is 23.7 Å². The summed E-state index contributed by atoms with van der Waals surface area (Å²) in [6, 6.07) is 10.8. The Morgan fingerprint density at radius 1 is 1.23 bits per heavy atom. The van der Waals surface area contributed by atoms with Gasteiger partial charge in [-0.2, -0.15) is 0 Å². The van der Waals surface area contributed by atoms with Crippen molar-refractivity contribution in [1.29, 1.82) is 0 Å². The molecule has 2 aromatic carbocycles. The zero-order chi connectivity index (χ0) is 24.4. The molecule has 4 aromatic rings. The molecule has 178 valence electrons. The van der Waals surface area contributed by atoms with Crippen molar-refractivity contribution in [2.24, 2.45) is 0 Å². The molecule has 0 saturated heterocycles. The maximum absolute atomic E-state index is 13.0. The van der Waals surface area contributed by atoms with Crippen molar-refractivity contribution in [1.82, 2.24) is 30.5 Å². The first-order valence-corrected chi connectivity index (χ1v) is 10.8. The molecule has 4 bridgehead atoms. The molecule has 35 heavy (non-hydrogen) atoms.